The van der Waals surface area contributed by atoms with Crippen LogP contribution in [0.3, 0.4) is 0 Å². The first-order valence-electron chi connectivity index (χ1n) is 3.57. The van der Waals surface area contributed by atoms with Crippen LogP contribution in [0.4, 0.5) is 0 Å². The zero-order valence-corrected chi connectivity index (χ0v) is 5.99. The van der Waals surface area contributed by atoms with Gasteiger partial charge in [0, 0.05) is 24.5 Å². The van der Waals surface area contributed by atoms with Gasteiger partial charge in [-0.2, -0.15) is 0 Å². The summed E-state index contributed by atoms with van der Waals surface area (Å²) in [5.74, 6) is 1.77. The van der Waals surface area contributed by atoms with Crippen molar-refractivity contribution in [3.63, 3.8) is 0 Å². The van der Waals surface area contributed by atoms with Gasteiger partial charge in [0.25, 0.3) is 0 Å². The number of imidazole rings is 1. The molecule has 10 heavy (non-hydrogen) atoms. The molecule has 1 aromatic heterocycles. The minimum absolute atomic E-state index is 0.583. The molecule has 0 radical (unpaired) electrons. The van der Waals surface area contributed by atoms with E-state index in [-0.39, 0.29) is 0 Å². The molecule has 0 unspecified atom stereocenters. The second-order valence-electron chi connectivity index (χ2n) is 2.71. The molecule has 0 aromatic carbocycles. The van der Waals surface area contributed by atoms with E-state index in [4.69, 9.17) is 0 Å². The lowest BCUT2D eigenvalue weighted by Gasteiger charge is -2.13. The fourth-order valence-corrected chi connectivity index (χ4v) is 1.32. The van der Waals surface area contributed by atoms with Crippen LogP contribution in [0.25, 0.3) is 6.20 Å². The molecule has 1 atom stereocenters. The van der Waals surface area contributed by atoms with E-state index in [1.54, 1.807) is 0 Å². The topological polar surface area (TPSA) is 17.8 Å². The molecule has 0 N–H and O–H groups in total. The van der Waals surface area contributed by atoms with Gasteiger partial charge in [-0.15, -0.1) is 0 Å². The quantitative estimate of drug-likeness (QED) is 0.529. The lowest BCUT2D eigenvalue weighted by molar-refractivity contribution is 0.688. The van der Waals surface area contributed by atoms with Crippen LogP contribution in [-0.4, -0.2) is 9.55 Å². The highest BCUT2D eigenvalue weighted by Gasteiger charge is 2.11. The Kier molecular flexibility index (Phi) is 1.13. The van der Waals surface area contributed by atoms with E-state index in [2.05, 4.69) is 28.8 Å². The maximum absolute atomic E-state index is 4.25. The average Bonchev–Trinajstić information content (AvgIpc) is 2.36. The fourth-order valence-electron chi connectivity index (χ4n) is 1.32. The minimum atomic E-state index is 0.583. The average molecular weight is 134 g/mol. The highest BCUT2D eigenvalue weighted by atomic mass is 15.1. The molecule has 0 amide bonds. The highest BCUT2D eigenvalue weighted by Crippen LogP contribution is 2.21. The Balaban J connectivity index is 2.52. The molecule has 2 heterocycles. The lowest BCUT2D eigenvalue weighted by atomic mass is 10.1. The molecule has 52 valence electrons. The van der Waals surface area contributed by atoms with Crippen molar-refractivity contribution in [1.82, 2.24) is 9.55 Å². The Bertz CT molecular complexity index is 260. The predicted octanol–water partition coefficient (Wildman–Crippen LogP) is 1.86. The van der Waals surface area contributed by atoms with Gasteiger partial charge in [-0.05, 0) is 6.42 Å². The van der Waals surface area contributed by atoms with E-state index in [1.807, 2.05) is 12.4 Å². The van der Waals surface area contributed by atoms with Crippen LogP contribution in [0.1, 0.15) is 25.1 Å². The summed E-state index contributed by atoms with van der Waals surface area (Å²) in [5, 5.41) is 0. The maximum Gasteiger partial charge on any atom is 0.115 e. The van der Waals surface area contributed by atoms with E-state index in [0.29, 0.717) is 5.92 Å². The molecule has 2 heteroatoms. The van der Waals surface area contributed by atoms with Crippen molar-refractivity contribution in [2.45, 2.75) is 19.3 Å². The molecule has 0 spiro atoms. The van der Waals surface area contributed by atoms with Gasteiger partial charge in [-0.1, -0.05) is 13.0 Å². The van der Waals surface area contributed by atoms with Crippen molar-refractivity contribution >= 4 is 6.20 Å². The summed E-state index contributed by atoms with van der Waals surface area (Å²) in [6.07, 6.45) is 9.21. The van der Waals surface area contributed by atoms with E-state index >= 15 is 0 Å². The van der Waals surface area contributed by atoms with Crippen molar-refractivity contribution in [1.29, 1.82) is 0 Å². The van der Waals surface area contributed by atoms with Gasteiger partial charge in [0.05, 0.1) is 0 Å². The standard InChI is InChI=1S/C8H10N2/c1-7-3-2-5-10-6-4-9-8(7)10/h2,4-7H,3H2,1H3/t7-/m1/s1. The third-order valence-corrected chi connectivity index (χ3v) is 1.90. The first-order valence-corrected chi connectivity index (χ1v) is 3.57. The van der Waals surface area contributed by atoms with Crippen molar-refractivity contribution in [2.75, 3.05) is 0 Å². The van der Waals surface area contributed by atoms with Gasteiger partial charge in [0.15, 0.2) is 0 Å². The van der Waals surface area contributed by atoms with Gasteiger partial charge in [0.2, 0.25) is 0 Å². The number of nitrogens with zero attached hydrogens (tertiary/aromatic N) is 2. The monoisotopic (exact) mass is 134 g/mol. The van der Waals surface area contributed by atoms with Gasteiger partial charge < -0.3 is 4.57 Å². The summed E-state index contributed by atoms with van der Waals surface area (Å²) >= 11 is 0. The van der Waals surface area contributed by atoms with Crippen molar-refractivity contribution in [3.05, 3.63) is 24.3 Å². The molecule has 1 aliphatic heterocycles. The summed E-state index contributed by atoms with van der Waals surface area (Å²) in [4.78, 5) is 4.25. The molecular weight excluding hydrogens is 124 g/mol. The number of rotatable bonds is 0. The maximum atomic E-state index is 4.25. The molecule has 1 aliphatic rings. The van der Waals surface area contributed by atoms with Crippen molar-refractivity contribution in [2.24, 2.45) is 0 Å². The number of hydrogen-bond acceptors (Lipinski definition) is 1. The fraction of sp³-hybridized carbons (Fsp3) is 0.375. The predicted molar refractivity (Wildman–Crippen MR) is 40.6 cm³/mol. The third-order valence-electron chi connectivity index (χ3n) is 1.90. The molecule has 0 aliphatic carbocycles. The molecule has 0 saturated heterocycles. The van der Waals surface area contributed by atoms with Gasteiger partial charge in [-0.3, -0.25) is 0 Å². The number of hydrogen-bond donors (Lipinski definition) is 0. The van der Waals surface area contributed by atoms with E-state index in [0.717, 1.165) is 6.42 Å². The van der Waals surface area contributed by atoms with Crippen LogP contribution in [0.5, 0.6) is 0 Å². The Hall–Kier alpha value is -1.05. The summed E-state index contributed by atoms with van der Waals surface area (Å²) in [6, 6.07) is 0. The highest BCUT2D eigenvalue weighted by molar-refractivity contribution is 5.30. The van der Waals surface area contributed by atoms with Crippen molar-refractivity contribution < 1.29 is 0 Å². The normalized spacial score (nSPS) is 22.7. The second kappa shape index (κ2) is 1.97. The molecule has 0 saturated carbocycles. The number of allylic oxidation sites excluding steroid dienone is 1. The van der Waals surface area contributed by atoms with E-state index in [1.165, 1.54) is 5.82 Å². The van der Waals surface area contributed by atoms with Crippen LogP contribution in [0, 0.1) is 0 Å². The molecule has 2 nitrogen and oxygen atoms in total. The molecule has 2 rings (SSSR count). The minimum Gasteiger partial charge on any atom is -0.311 e. The second-order valence-corrected chi connectivity index (χ2v) is 2.71. The summed E-state index contributed by atoms with van der Waals surface area (Å²) in [5.41, 5.74) is 0. The van der Waals surface area contributed by atoms with Gasteiger partial charge in [0.1, 0.15) is 5.82 Å². The van der Waals surface area contributed by atoms with E-state index < -0.39 is 0 Å². The summed E-state index contributed by atoms with van der Waals surface area (Å²) in [6.45, 7) is 2.20. The van der Waals surface area contributed by atoms with Crippen LogP contribution in [0.15, 0.2) is 18.5 Å². The number of fused-ring (bicyclic) bond motifs is 1. The third kappa shape index (κ3) is 0.685. The van der Waals surface area contributed by atoms with Crippen LogP contribution in [-0.2, 0) is 0 Å². The van der Waals surface area contributed by atoms with Gasteiger partial charge >= 0.3 is 0 Å². The van der Waals surface area contributed by atoms with Crippen LogP contribution >= 0.6 is 0 Å². The Morgan fingerprint density at radius 2 is 2.60 bits per heavy atom. The zero-order valence-electron chi connectivity index (χ0n) is 5.99. The SMILES string of the molecule is C[C@@H]1CC=Cn2ccnc21. The molecule has 0 bridgehead atoms. The van der Waals surface area contributed by atoms with Crippen molar-refractivity contribution in [3.8, 4) is 0 Å². The molecule has 1 aromatic rings. The zero-order chi connectivity index (χ0) is 6.97. The Morgan fingerprint density at radius 3 is 3.40 bits per heavy atom. The summed E-state index contributed by atoms with van der Waals surface area (Å²) in [7, 11) is 0. The van der Waals surface area contributed by atoms with E-state index in [9.17, 15) is 0 Å². The van der Waals surface area contributed by atoms with Gasteiger partial charge in [-0.25, -0.2) is 4.98 Å². The molecule has 0 fully saturated rings. The largest absolute Gasteiger partial charge is 0.311 e. The van der Waals surface area contributed by atoms with Crippen LogP contribution in [0.2, 0.25) is 0 Å². The molecular formula is C8H10N2. The lowest BCUT2D eigenvalue weighted by Crippen LogP contribution is -2.04. The Labute approximate surface area is 60.2 Å². The number of aromatic nitrogens is 2. The van der Waals surface area contributed by atoms with Crippen LogP contribution < -0.4 is 0 Å². The Morgan fingerprint density at radius 1 is 1.70 bits per heavy atom. The first-order chi connectivity index (χ1) is 4.88. The smallest absolute Gasteiger partial charge is 0.115 e. The first kappa shape index (κ1) is 5.71. The summed E-state index contributed by atoms with van der Waals surface area (Å²) < 4.78 is 2.08.